The highest BCUT2D eigenvalue weighted by Crippen LogP contribution is 2.24. The van der Waals surface area contributed by atoms with Crippen LogP contribution in [0.3, 0.4) is 0 Å². The van der Waals surface area contributed by atoms with Gasteiger partial charge in [0.05, 0.1) is 29.4 Å². The summed E-state index contributed by atoms with van der Waals surface area (Å²) < 4.78 is 34.3. The zero-order chi connectivity index (χ0) is 16.5. The third-order valence-corrected chi connectivity index (χ3v) is 4.74. The molecule has 0 saturated heterocycles. The molecular weight excluding hydrogens is 302 g/mol. The van der Waals surface area contributed by atoms with Crippen molar-refractivity contribution in [2.45, 2.75) is 38.1 Å². The van der Waals surface area contributed by atoms with Crippen molar-refractivity contribution in [2.24, 2.45) is 0 Å². The van der Waals surface area contributed by atoms with Gasteiger partial charge in [0.15, 0.2) is 0 Å². The summed E-state index contributed by atoms with van der Waals surface area (Å²) >= 11 is 0. The summed E-state index contributed by atoms with van der Waals surface area (Å²) in [5.41, 5.74) is 0.847. The fourth-order valence-corrected chi connectivity index (χ4v) is 3.26. The Balaban J connectivity index is 2.30. The number of benzene rings is 1. The van der Waals surface area contributed by atoms with Gasteiger partial charge in [-0.3, -0.25) is 9.40 Å². The monoisotopic (exact) mass is 323 g/mol. The number of aryl methyl sites for hydroxylation is 1. The molecular formula is C15H21N3O3S. The molecule has 7 heteroatoms. The molecule has 0 unspecified atom stereocenters. The van der Waals surface area contributed by atoms with Gasteiger partial charge in [-0.15, -0.1) is 0 Å². The number of hydrogen-bond acceptors (Lipinski definition) is 4. The molecule has 1 N–H and O–H groups in total. The summed E-state index contributed by atoms with van der Waals surface area (Å²) in [4.78, 5) is 0.219. The fourth-order valence-electron chi connectivity index (χ4n) is 2.00. The van der Waals surface area contributed by atoms with Crippen LogP contribution in [0, 0.1) is 6.92 Å². The molecule has 6 nitrogen and oxygen atoms in total. The Labute approximate surface area is 131 Å². The molecule has 22 heavy (non-hydrogen) atoms. The normalized spacial score (nSPS) is 12.2. The van der Waals surface area contributed by atoms with Gasteiger partial charge in [-0.25, -0.2) is 8.42 Å². The second-order valence-electron chi connectivity index (χ2n) is 6.08. The Bertz CT molecular complexity index is 774. The minimum absolute atomic E-state index is 0.209. The molecule has 0 spiro atoms. The van der Waals surface area contributed by atoms with Crippen LogP contribution in [-0.2, 0) is 15.6 Å². The van der Waals surface area contributed by atoms with E-state index < -0.39 is 10.0 Å². The molecule has 0 bridgehead atoms. The van der Waals surface area contributed by atoms with E-state index in [1.807, 2.05) is 20.8 Å². The summed E-state index contributed by atoms with van der Waals surface area (Å²) in [5.74, 6) is 0.622. The third-order valence-electron chi connectivity index (χ3n) is 3.19. The molecule has 0 radical (unpaired) electrons. The van der Waals surface area contributed by atoms with Crippen LogP contribution >= 0.6 is 0 Å². The molecule has 0 amide bonds. The van der Waals surface area contributed by atoms with Gasteiger partial charge >= 0.3 is 0 Å². The third kappa shape index (κ3) is 3.41. The van der Waals surface area contributed by atoms with Gasteiger partial charge in [0.2, 0.25) is 0 Å². The molecule has 0 aliphatic carbocycles. The molecule has 1 heterocycles. The number of anilines is 1. The van der Waals surface area contributed by atoms with Gasteiger partial charge in [0, 0.05) is 6.20 Å². The maximum Gasteiger partial charge on any atom is 0.262 e. The number of rotatable bonds is 4. The van der Waals surface area contributed by atoms with Crippen molar-refractivity contribution in [1.29, 1.82) is 0 Å². The summed E-state index contributed by atoms with van der Waals surface area (Å²) in [5, 5.41) is 4.18. The van der Waals surface area contributed by atoms with Crippen LogP contribution in [0.15, 0.2) is 35.5 Å². The highest BCUT2D eigenvalue weighted by molar-refractivity contribution is 7.92. The SMILES string of the molecule is COc1ccc(S(=O)(=O)Nc2cnn(C(C)(C)C)c2)c(C)c1. The van der Waals surface area contributed by atoms with Crippen molar-refractivity contribution < 1.29 is 13.2 Å². The van der Waals surface area contributed by atoms with E-state index in [-0.39, 0.29) is 10.4 Å². The Kier molecular flexibility index (Phi) is 4.19. The smallest absolute Gasteiger partial charge is 0.262 e. The zero-order valence-corrected chi connectivity index (χ0v) is 14.2. The Morgan fingerprint density at radius 2 is 1.95 bits per heavy atom. The number of nitrogens with zero attached hydrogens (tertiary/aromatic N) is 2. The van der Waals surface area contributed by atoms with Crippen molar-refractivity contribution in [3.63, 3.8) is 0 Å². The van der Waals surface area contributed by atoms with Crippen LogP contribution in [0.1, 0.15) is 26.3 Å². The van der Waals surface area contributed by atoms with Crippen LogP contribution < -0.4 is 9.46 Å². The second kappa shape index (κ2) is 5.64. The Morgan fingerprint density at radius 1 is 1.27 bits per heavy atom. The van der Waals surface area contributed by atoms with Gasteiger partial charge in [0.25, 0.3) is 10.0 Å². The van der Waals surface area contributed by atoms with Crippen molar-refractivity contribution in [3.8, 4) is 5.75 Å². The minimum Gasteiger partial charge on any atom is -0.497 e. The molecule has 2 rings (SSSR count). The maximum atomic E-state index is 12.5. The molecule has 0 aliphatic heterocycles. The predicted molar refractivity (Wildman–Crippen MR) is 85.8 cm³/mol. The van der Waals surface area contributed by atoms with E-state index in [9.17, 15) is 8.42 Å². The van der Waals surface area contributed by atoms with Crippen molar-refractivity contribution in [3.05, 3.63) is 36.2 Å². The lowest BCUT2D eigenvalue weighted by Crippen LogP contribution is -2.22. The quantitative estimate of drug-likeness (QED) is 0.939. The number of hydrogen-bond donors (Lipinski definition) is 1. The predicted octanol–water partition coefficient (Wildman–Crippen LogP) is 2.76. The lowest BCUT2D eigenvalue weighted by molar-refractivity contribution is 0.355. The Hall–Kier alpha value is -2.02. The maximum absolute atomic E-state index is 12.5. The molecule has 1 aromatic heterocycles. The topological polar surface area (TPSA) is 73.2 Å². The minimum atomic E-state index is -3.66. The van der Waals surface area contributed by atoms with E-state index in [1.54, 1.807) is 37.0 Å². The summed E-state index contributed by atoms with van der Waals surface area (Å²) in [6.45, 7) is 7.71. The first-order valence-corrected chi connectivity index (χ1v) is 8.34. The van der Waals surface area contributed by atoms with Crippen LogP contribution in [0.5, 0.6) is 5.75 Å². The number of ether oxygens (including phenoxy) is 1. The lowest BCUT2D eigenvalue weighted by atomic mass is 10.1. The molecule has 0 saturated carbocycles. The first kappa shape index (κ1) is 16.4. The number of aromatic nitrogens is 2. The first-order valence-electron chi connectivity index (χ1n) is 6.86. The highest BCUT2D eigenvalue weighted by atomic mass is 32.2. The van der Waals surface area contributed by atoms with Gasteiger partial charge in [-0.1, -0.05) is 0 Å². The van der Waals surface area contributed by atoms with Crippen LogP contribution in [0.4, 0.5) is 5.69 Å². The average molecular weight is 323 g/mol. The van der Waals surface area contributed by atoms with E-state index in [4.69, 9.17) is 4.74 Å². The van der Waals surface area contributed by atoms with E-state index in [1.165, 1.54) is 12.3 Å². The van der Waals surface area contributed by atoms with Crippen LogP contribution in [0.2, 0.25) is 0 Å². The number of methoxy groups -OCH3 is 1. The summed E-state index contributed by atoms with van der Waals surface area (Å²) in [6.07, 6.45) is 3.18. The number of nitrogens with one attached hydrogen (secondary N) is 1. The molecule has 120 valence electrons. The molecule has 0 fully saturated rings. The fraction of sp³-hybridized carbons (Fsp3) is 0.400. The molecule has 2 aromatic rings. The first-order chi connectivity index (χ1) is 10.1. The second-order valence-corrected chi connectivity index (χ2v) is 7.73. The van der Waals surface area contributed by atoms with Crippen molar-refractivity contribution >= 4 is 15.7 Å². The summed E-state index contributed by atoms with van der Waals surface area (Å²) in [6, 6.07) is 4.85. The summed E-state index contributed by atoms with van der Waals surface area (Å²) in [7, 11) is -2.12. The van der Waals surface area contributed by atoms with Crippen molar-refractivity contribution in [1.82, 2.24) is 9.78 Å². The molecule has 0 atom stereocenters. The molecule has 0 aliphatic rings. The van der Waals surface area contributed by atoms with Crippen LogP contribution in [-0.4, -0.2) is 25.3 Å². The van der Waals surface area contributed by atoms with Gasteiger partial charge in [0.1, 0.15) is 5.75 Å². The average Bonchev–Trinajstić information content (AvgIpc) is 2.85. The van der Waals surface area contributed by atoms with E-state index >= 15 is 0 Å². The number of sulfonamides is 1. The zero-order valence-electron chi connectivity index (χ0n) is 13.4. The largest absolute Gasteiger partial charge is 0.497 e. The van der Waals surface area contributed by atoms with E-state index in [2.05, 4.69) is 9.82 Å². The lowest BCUT2D eigenvalue weighted by Gasteiger charge is -2.18. The van der Waals surface area contributed by atoms with E-state index in [0.717, 1.165) is 0 Å². The highest BCUT2D eigenvalue weighted by Gasteiger charge is 2.20. The molecule has 1 aromatic carbocycles. The van der Waals surface area contributed by atoms with Crippen molar-refractivity contribution in [2.75, 3.05) is 11.8 Å². The standard InChI is InChI=1S/C15H21N3O3S/c1-11-8-13(21-5)6-7-14(11)22(19,20)17-12-9-16-18(10-12)15(2,3)4/h6-10,17H,1-5H3. The van der Waals surface area contributed by atoms with Gasteiger partial charge in [-0.05, 0) is 51.5 Å². The van der Waals surface area contributed by atoms with Gasteiger partial charge < -0.3 is 4.74 Å². The van der Waals surface area contributed by atoms with Crippen LogP contribution in [0.25, 0.3) is 0 Å². The van der Waals surface area contributed by atoms with E-state index in [0.29, 0.717) is 17.0 Å². The Morgan fingerprint density at radius 3 is 2.45 bits per heavy atom. The van der Waals surface area contributed by atoms with Gasteiger partial charge in [-0.2, -0.15) is 5.10 Å².